The largest absolute Gasteiger partial charge is 0.356 e. The van der Waals surface area contributed by atoms with Gasteiger partial charge in [0.15, 0.2) is 0 Å². The molecule has 0 spiro atoms. The Kier molecular flexibility index (Phi) is 3.78. The molecule has 0 atom stereocenters. The Morgan fingerprint density at radius 2 is 1.80 bits per heavy atom. The molecule has 4 nitrogen and oxygen atoms in total. The zero-order valence-electron chi connectivity index (χ0n) is 15.8. The fraction of sp³-hybridized carbons (Fsp3) is 0.429. The highest BCUT2D eigenvalue weighted by Gasteiger charge is 2.23. The summed E-state index contributed by atoms with van der Waals surface area (Å²) in [7, 11) is 2.08. The maximum Gasteiger partial charge on any atom is 0.138 e. The standard InChI is InChI=1S/C21H26N4/c1-13(2)17-8-7-16(21(22-17)25-9-6-10-25)19-14(3)11-18-20(23-19)15(4)12-24(18)5/h7-8,11-13H,6,9-10H2,1-5H3. The zero-order valence-corrected chi connectivity index (χ0v) is 15.8. The second-order valence-electron chi connectivity index (χ2n) is 7.55. The van der Waals surface area contributed by atoms with Gasteiger partial charge in [0.1, 0.15) is 5.82 Å². The van der Waals surface area contributed by atoms with Crippen molar-refractivity contribution in [3.8, 4) is 11.3 Å². The summed E-state index contributed by atoms with van der Waals surface area (Å²) in [5.74, 6) is 1.53. The van der Waals surface area contributed by atoms with Crippen molar-refractivity contribution < 1.29 is 0 Å². The summed E-state index contributed by atoms with van der Waals surface area (Å²) in [6.45, 7) is 10.9. The molecule has 3 aromatic heterocycles. The summed E-state index contributed by atoms with van der Waals surface area (Å²) in [5.41, 5.74) is 8.07. The Morgan fingerprint density at radius 3 is 2.44 bits per heavy atom. The van der Waals surface area contributed by atoms with Crippen LogP contribution in [0.1, 0.15) is 43.0 Å². The Hall–Kier alpha value is -2.36. The van der Waals surface area contributed by atoms with Gasteiger partial charge in [-0.3, -0.25) is 0 Å². The van der Waals surface area contributed by atoms with Crippen molar-refractivity contribution in [2.24, 2.45) is 7.05 Å². The minimum Gasteiger partial charge on any atom is -0.356 e. The van der Waals surface area contributed by atoms with E-state index in [0.717, 1.165) is 41.4 Å². The van der Waals surface area contributed by atoms with Crippen LogP contribution in [0, 0.1) is 13.8 Å². The van der Waals surface area contributed by atoms with E-state index in [0.29, 0.717) is 5.92 Å². The van der Waals surface area contributed by atoms with E-state index in [4.69, 9.17) is 9.97 Å². The first kappa shape index (κ1) is 16.1. The molecule has 0 bridgehead atoms. The van der Waals surface area contributed by atoms with Gasteiger partial charge >= 0.3 is 0 Å². The third kappa shape index (κ3) is 2.60. The quantitative estimate of drug-likeness (QED) is 0.703. The molecule has 4 heteroatoms. The van der Waals surface area contributed by atoms with E-state index >= 15 is 0 Å². The van der Waals surface area contributed by atoms with Crippen LogP contribution in [0.5, 0.6) is 0 Å². The molecule has 0 amide bonds. The monoisotopic (exact) mass is 334 g/mol. The highest BCUT2D eigenvalue weighted by molar-refractivity contribution is 5.86. The predicted octanol–water partition coefficient (Wildman–Crippen LogP) is 4.59. The van der Waals surface area contributed by atoms with Crippen LogP contribution in [0.3, 0.4) is 0 Å². The predicted molar refractivity (Wildman–Crippen MR) is 104 cm³/mol. The number of aromatic nitrogens is 3. The number of nitrogens with zero attached hydrogens (tertiary/aromatic N) is 4. The number of pyridine rings is 2. The topological polar surface area (TPSA) is 34.0 Å². The molecular weight excluding hydrogens is 308 g/mol. The van der Waals surface area contributed by atoms with Gasteiger partial charge in [-0.05, 0) is 55.5 Å². The molecule has 25 heavy (non-hydrogen) atoms. The number of fused-ring (bicyclic) bond motifs is 1. The molecule has 0 unspecified atom stereocenters. The van der Waals surface area contributed by atoms with Gasteiger partial charge < -0.3 is 9.47 Å². The first-order chi connectivity index (χ1) is 12.0. The number of rotatable bonds is 3. The summed E-state index contributed by atoms with van der Waals surface area (Å²) in [6, 6.07) is 6.63. The van der Waals surface area contributed by atoms with Crippen LogP contribution in [-0.4, -0.2) is 27.6 Å². The van der Waals surface area contributed by atoms with Crippen molar-refractivity contribution in [2.75, 3.05) is 18.0 Å². The Labute approximate surface area is 149 Å². The lowest BCUT2D eigenvalue weighted by molar-refractivity contribution is 0.607. The molecule has 0 radical (unpaired) electrons. The summed E-state index contributed by atoms with van der Waals surface area (Å²) in [5, 5.41) is 0. The Bertz CT molecular complexity index is 948. The highest BCUT2D eigenvalue weighted by atomic mass is 15.2. The van der Waals surface area contributed by atoms with Gasteiger partial charge in [-0.1, -0.05) is 13.8 Å². The van der Waals surface area contributed by atoms with Crippen LogP contribution in [0.4, 0.5) is 5.82 Å². The molecule has 0 N–H and O–H groups in total. The van der Waals surface area contributed by atoms with Crippen molar-refractivity contribution in [1.29, 1.82) is 0 Å². The van der Waals surface area contributed by atoms with E-state index in [9.17, 15) is 0 Å². The van der Waals surface area contributed by atoms with E-state index < -0.39 is 0 Å². The molecule has 1 fully saturated rings. The molecule has 0 saturated carbocycles. The fourth-order valence-corrected chi connectivity index (χ4v) is 3.59. The Morgan fingerprint density at radius 1 is 1.04 bits per heavy atom. The van der Waals surface area contributed by atoms with E-state index in [2.05, 4.69) is 68.6 Å². The van der Waals surface area contributed by atoms with E-state index in [1.807, 2.05) is 0 Å². The number of anilines is 1. The summed E-state index contributed by atoms with van der Waals surface area (Å²) in [6.07, 6.45) is 3.40. The van der Waals surface area contributed by atoms with Crippen LogP contribution in [0.2, 0.25) is 0 Å². The SMILES string of the molecule is Cc1cc2c(nc1-c1ccc(C(C)C)nc1N1CCC1)c(C)cn2C. The third-order valence-corrected chi connectivity index (χ3v) is 5.23. The minimum atomic E-state index is 0.432. The molecule has 1 aliphatic rings. The van der Waals surface area contributed by atoms with Crippen LogP contribution in [0.25, 0.3) is 22.3 Å². The van der Waals surface area contributed by atoms with Crippen LogP contribution in [-0.2, 0) is 7.05 Å². The second kappa shape index (κ2) is 5.87. The van der Waals surface area contributed by atoms with Gasteiger partial charge in [-0.15, -0.1) is 0 Å². The summed E-state index contributed by atoms with van der Waals surface area (Å²) < 4.78 is 2.16. The molecular formula is C21H26N4. The molecule has 1 aliphatic heterocycles. The first-order valence-electron chi connectivity index (χ1n) is 9.15. The normalized spacial score (nSPS) is 14.4. The molecule has 130 valence electrons. The van der Waals surface area contributed by atoms with Gasteiger partial charge in [-0.2, -0.15) is 0 Å². The lowest BCUT2D eigenvalue weighted by Gasteiger charge is -2.34. The molecule has 1 saturated heterocycles. The van der Waals surface area contributed by atoms with Gasteiger partial charge in [0, 0.05) is 37.6 Å². The number of hydrogen-bond acceptors (Lipinski definition) is 3. The first-order valence-corrected chi connectivity index (χ1v) is 9.15. The van der Waals surface area contributed by atoms with Crippen molar-refractivity contribution in [2.45, 2.75) is 40.0 Å². The van der Waals surface area contributed by atoms with Gasteiger partial charge in [0.25, 0.3) is 0 Å². The van der Waals surface area contributed by atoms with Gasteiger partial charge in [0.2, 0.25) is 0 Å². The summed E-state index contributed by atoms with van der Waals surface area (Å²) in [4.78, 5) is 12.4. The van der Waals surface area contributed by atoms with Crippen LogP contribution >= 0.6 is 0 Å². The molecule has 4 heterocycles. The van der Waals surface area contributed by atoms with Crippen molar-refractivity contribution in [3.05, 3.63) is 41.2 Å². The zero-order chi connectivity index (χ0) is 17.7. The fourth-order valence-electron chi connectivity index (χ4n) is 3.59. The molecule has 3 aromatic rings. The number of aryl methyl sites for hydroxylation is 3. The van der Waals surface area contributed by atoms with E-state index in [1.54, 1.807) is 0 Å². The van der Waals surface area contributed by atoms with E-state index in [1.165, 1.54) is 23.1 Å². The van der Waals surface area contributed by atoms with E-state index in [-0.39, 0.29) is 0 Å². The van der Waals surface area contributed by atoms with Crippen LogP contribution < -0.4 is 4.90 Å². The average molecular weight is 334 g/mol. The number of hydrogen-bond donors (Lipinski definition) is 0. The molecule has 0 aliphatic carbocycles. The smallest absolute Gasteiger partial charge is 0.138 e. The van der Waals surface area contributed by atoms with Gasteiger partial charge in [-0.25, -0.2) is 9.97 Å². The minimum absolute atomic E-state index is 0.432. The maximum atomic E-state index is 5.05. The van der Waals surface area contributed by atoms with Gasteiger partial charge in [0.05, 0.1) is 16.7 Å². The van der Waals surface area contributed by atoms with Crippen molar-refractivity contribution in [1.82, 2.24) is 14.5 Å². The van der Waals surface area contributed by atoms with Crippen molar-refractivity contribution in [3.63, 3.8) is 0 Å². The maximum absolute atomic E-state index is 5.05. The lowest BCUT2D eigenvalue weighted by atomic mass is 10.0. The second-order valence-corrected chi connectivity index (χ2v) is 7.55. The average Bonchev–Trinajstić information content (AvgIpc) is 2.79. The lowest BCUT2D eigenvalue weighted by Crippen LogP contribution is -2.38. The van der Waals surface area contributed by atoms with Crippen LogP contribution in [0.15, 0.2) is 24.4 Å². The Balaban J connectivity index is 1.93. The third-order valence-electron chi connectivity index (χ3n) is 5.23. The van der Waals surface area contributed by atoms with Crippen molar-refractivity contribution >= 4 is 16.9 Å². The summed E-state index contributed by atoms with van der Waals surface area (Å²) >= 11 is 0. The molecule has 4 rings (SSSR count). The highest BCUT2D eigenvalue weighted by Crippen LogP contribution is 2.35. The molecule has 0 aromatic carbocycles.